The number of carbonyl (C=O) groups excluding carboxylic acids is 1. The molecule has 2 aromatic carbocycles. The summed E-state index contributed by atoms with van der Waals surface area (Å²) in [7, 11) is 3.22. The van der Waals surface area contributed by atoms with Gasteiger partial charge in [-0.2, -0.15) is 0 Å². The van der Waals surface area contributed by atoms with E-state index < -0.39 is 5.38 Å². The van der Waals surface area contributed by atoms with Crippen LogP contribution in [0.15, 0.2) is 48.5 Å². The van der Waals surface area contributed by atoms with E-state index in [-0.39, 0.29) is 11.3 Å². The fraction of sp³-hybridized carbons (Fsp3) is 0.316. The summed E-state index contributed by atoms with van der Waals surface area (Å²) in [6.45, 7) is 0.657. The molecule has 0 N–H and O–H groups in total. The Morgan fingerprint density at radius 1 is 1.16 bits per heavy atom. The molecule has 0 bridgehead atoms. The van der Waals surface area contributed by atoms with Crippen LogP contribution in [0.4, 0.5) is 0 Å². The van der Waals surface area contributed by atoms with Crippen LogP contribution in [0.25, 0.3) is 0 Å². The number of hydrogen-bond donors (Lipinski definition) is 0. The topological polar surface area (TPSA) is 38.8 Å². The predicted molar refractivity (Wildman–Crippen MR) is 101 cm³/mol. The van der Waals surface area contributed by atoms with E-state index in [2.05, 4.69) is 0 Å². The van der Waals surface area contributed by atoms with Gasteiger partial charge in [0, 0.05) is 17.9 Å². The highest BCUT2D eigenvalue weighted by Crippen LogP contribution is 2.46. The molecule has 1 aliphatic heterocycles. The van der Waals surface area contributed by atoms with E-state index in [0.29, 0.717) is 18.0 Å². The predicted octanol–water partition coefficient (Wildman–Crippen LogP) is 4.26. The summed E-state index contributed by atoms with van der Waals surface area (Å²) in [4.78, 5) is 14.8. The molecule has 0 aliphatic carbocycles. The molecule has 0 spiro atoms. The van der Waals surface area contributed by atoms with E-state index in [1.165, 1.54) is 0 Å². The van der Waals surface area contributed by atoms with E-state index >= 15 is 0 Å². The standard InChI is InChI=1S/C19H20ClNO3S/c1-23-15-10-6-9-14(17(15)24-2)19-21(11-12-25-19)18(22)16(20)13-7-4-3-5-8-13/h3-10,16,19H,11-12H2,1-2H3. The van der Waals surface area contributed by atoms with Crippen molar-refractivity contribution in [1.82, 2.24) is 4.90 Å². The largest absolute Gasteiger partial charge is 0.493 e. The average Bonchev–Trinajstić information content (AvgIpc) is 3.16. The Labute approximate surface area is 157 Å². The fourth-order valence-corrected chi connectivity index (χ4v) is 4.52. The van der Waals surface area contributed by atoms with Gasteiger partial charge in [-0.15, -0.1) is 23.4 Å². The number of amides is 1. The van der Waals surface area contributed by atoms with Gasteiger partial charge in [-0.05, 0) is 11.6 Å². The summed E-state index contributed by atoms with van der Waals surface area (Å²) in [5, 5.41) is -0.832. The number of benzene rings is 2. The van der Waals surface area contributed by atoms with Gasteiger partial charge in [0.1, 0.15) is 10.8 Å². The third-order valence-corrected chi connectivity index (χ3v) is 5.86. The van der Waals surface area contributed by atoms with Gasteiger partial charge >= 0.3 is 0 Å². The van der Waals surface area contributed by atoms with Gasteiger partial charge in [-0.3, -0.25) is 4.79 Å². The van der Waals surface area contributed by atoms with E-state index in [1.807, 2.05) is 53.4 Å². The normalized spacial score (nSPS) is 18.0. The Morgan fingerprint density at radius 3 is 2.60 bits per heavy atom. The Kier molecular flexibility index (Phi) is 5.76. The Hall–Kier alpha value is -1.85. The lowest BCUT2D eigenvalue weighted by atomic mass is 10.1. The average molecular weight is 378 g/mol. The van der Waals surface area contributed by atoms with Crippen molar-refractivity contribution >= 4 is 29.3 Å². The fourth-order valence-electron chi connectivity index (χ4n) is 2.97. The van der Waals surface area contributed by atoms with Crippen molar-refractivity contribution in [3.63, 3.8) is 0 Å². The molecular formula is C19H20ClNO3S. The van der Waals surface area contributed by atoms with Crippen molar-refractivity contribution in [2.75, 3.05) is 26.5 Å². The first-order chi connectivity index (χ1) is 12.2. The molecule has 1 aliphatic rings. The number of methoxy groups -OCH3 is 2. The summed E-state index contributed by atoms with van der Waals surface area (Å²) in [5.41, 5.74) is 1.73. The van der Waals surface area contributed by atoms with Crippen molar-refractivity contribution in [3.8, 4) is 11.5 Å². The van der Waals surface area contributed by atoms with Crippen molar-refractivity contribution in [1.29, 1.82) is 0 Å². The van der Waals surface area contributed by atoms with Crippen molar-refractivity contribution in [3.05, 3.63) is 59.7 Å². The molecule has 1 saturated heterocycles. The molecule has 2 aromatic rings. The minimum Gasteiger partial charge on any atom is -0.493 e. The van der Waals surface area contributed by atoms with E-state index in [4.69, 9.17) is 21.1 Å². The second-order valence-corrected chi connectivity index (χ2v) is 7.24. The van der Waals surface area contributed by atoms with Crippen LogP contribution >= 0.6 is 23.4 Å². The molecule has 6 heteroatoms. The number of nitrogens with zero attached hydrogens (tertiary/aromatic N) is 1. The molecule has 0 radical (unpaired) electrons. The second kappa shape index (κ2) is 8.02. The highest BCUT2D eigenvalue weighted by Gasteiger charge is 2.36. The van der Waals surface area contributed by atoms with Gasteiger partial charge in [0.2, 0.25) is 5.91 Å². The van der Waals surface area contributed by atoms with Crippen LogP contribution in [0.5, 0.6) is 11.5 Å². The third kappa shape index (κ3) is 3.58. The highest BCUT2D eigenvalue weighted by molar-refractivity contribution is 7.99. The molecule has 0 saturated carbocycles. The van der Waals surface area contributed by atoms with E-state index in [9.17, 15) is 4.79 Å². The molecule has 1 amide bonds. The molecule has 1 heterocycles. The lowest BCUT2D eigenvalue weighted by molar-refractivity contribution is -0.131. The Morgan fingerprint density at radius 2 is 1.92 bits per heavy atom. The number of thioether (sulfide) groups is 1. The summed E-state index contributed by atoms with van der Waals surface area (Å²) in [6, 6.07) is 15.2. The van der Waals surface area contributed by atoms with Gasteiger partial charge in [-0.1, -0.05) is 42.5 Å². The number of ether oxygens (including phenoxy) is 2. The summed E-state index contributed by atoms with van der Waals surface area (Å²) in [6.07, 6.45) is 0. The van der Waals surface area contributed by atoms with Gasteiger partial charge in [0.05, 0.1) is 14.2 Å². The van der Waals surface area contributed by atoms with Crippen LogP contribution < -0.4 is 9.47 Å². The zero-order valence-electron chi connectivity index (χ0n) is 14.1. The lowest BCUT2D eigenvalue weighted by Gasteiger charge is -2.27. The first kappa shape index (κ1) is 18.0. The Balaban J connectivity index is 1.90. The molecule has 0 aromatic heterocycles. The molecular weight excluding hydrogens is 358 g/mol. The number of hydrogen-bond acceptors (Lipinski definition) is 4. The Bertz CT molecular complexity index is 741. The molecule has 25 heavy (non-hydrogen) atoms. The van der Waals surface area contributed by atoms with Crippen LogP contribution in [0.2, 0.25) is 0 Å². The summed E-state index contributed by atoms with van der Waals surface area (Å²) >= 11 is 8.17. The van der Waals surface area contributed by atoms with E-state index in [0.717, 1.165) is 16.9 Å². The minimum atomic E-state index is -0.695. The smallest absolute Gasteiger partial charge is 0.246 e. The maximum absolute atomic E-state index is 13.0. The van der Waals surface area contributed by atoms with Crippen molar-refractivity contribution < 1.29 is 14.3 Å². The maximum Gasteiger partial charge on any atom is 0.246 e. The van der Waals surface area contributed by atoms with Gasteiger partial charge < -0.3 is 14.4 Å². The zero-order valence-corrected chi connectivity index (χ0v) is 15.7. The van der Waals surface area contributed by atoms with Gasteiger partial charge in [0.25, 0.3) is 0 Å². The molecule has 4 nitrogen and oxygen atoms in total. The lowest BCUT2D eigenvalue weighted by Crippen LogP contribution is -2.33. The first-order valence-corrected chi connectivity index (χ1v) is 9.48. The number of halogens is 1. The second-order valence-electron chi connectivity index (χ2n) is 5.61. The van der Waals surface area contributed by atoms with Gasteiger partial charge in [0.15, 0.2) is 11.5 Å². The minimum absolute atomic E-state index is 0.0901. The first-order valence-electron chi connectivity index (χ1n) is 7.99. The molecule has 132 valence electrons. The third-order valence-electron chi connectivity index (χ3n) is 4.18. The maximum atomic E-state index is 13.0. The summed E-state index contributed by atoms with van der Waals surface area (Å²) in [5.74, 6) is 2.08. The molecule has 2 unspecified atom stereocenters. The zero-order chi connectivity index (χ0) is 17.8. The van der Waals surface area contributed by atoms with Crippen molar-refractivity contribution in [2.24, 2.45) is 0 Å². The molecule has 1 fully saturated rings. The number of para-hydroxylation sites is 1. The molecule has 2 atom stereocenters. The quantitative estimate of drug-likeness (QED) is 0.730. The highest BCUT2D eigenvalue weighted by atomic mass is 35.5. The van der Waals surface area contributed by atoms with E-state index in [1.54, 1.807) is 26.0 Å². The van der Waals surface area contributed by atoms with Crippen LogP contribution in [0.1, 0.15) is 21.9 Å². The number of alkyl halides is 1. The summed E-state index contributed by atoms with van der Waals surface area (Å²) < 4.78 is 10.9. The van der Waals surface area contributed by atoms with Crippen LogP contribution in [-0.2, 0) is 4.79 Å². The SMILES string of the molecule is COc1cccc(C2SCCN2C(=O)C(Cl)c2ccccc2)c1OC. The molecule has 3 rings (SSSR count). The van der Waals surface area contributed by atoms with Crippen LogP contribution in [-0.4, -0.2) is 37.3 Å². The number of rotatable bonds is 5. The van der Waals surface area contributed by atoms with Crippen LogP contribution in [0, 0.1) is 0 Å². The van der Waals surface area contributed by atoms with Crippen molar-refractivity contribution in [2.45, 2.75) is 10.8 Å². The van der Waals surface area contributed by atoms with Gasteiger partial charge in [-0.25, -0.2) is 0 Å². The van der Waals surface area contributed by atoms with Crippen LogP contribution in [0.3, 0.4) is 0 Å². The number of carbonyl (C=O) groups is 1. The monoisotopic (exact) mass is 377 g/mol.